The zero-order valence-electron chi connectivity index (χ0n) is 8.18. The van der Waals surface area contributed by atoms with Crippen LogP contribution in [0.5, 0.6) is 0 Å². The molecule has 0 aromatic heterocycles. The van der Waals surface area contributed by atoms with Gasteiger partial charge in [0.25, 0.3) is 0 Å². The van der Waals surface area contributed by atoms with Crippen LogP contribution in [0.2, 0.25) is 0 Å². The molecule has 1 saturated carbocycles. The Labute approximate surface area is 79.5 Å². The molecule has 0 spiro atoms. The lowest BCUT2D eigenvalue weighted by atomic mass is 9.66. The number of fused-ring (bicyclic) bond motifs is 1. The maximum atomic E-state index is 11.2. The molecule has 2 aliphatic carbocycles. The number of allylic oxidation sites excluding steroid dienone is 4. The molecule has 2 rings (SSSR count). The van der Waals surface area contributed by atoms with E-state index in [0.717, 1.165) is 12.8 Å². The largest absolute Gasteiger partial charge is 0.290 e. The predicted molar refractivity (Wildman–Crippen MR) is 53.4 cm³/mol. The quantitative estimate of drug-likeness (QED) is 0.600. The van der Waals surface area contributed by atoms with Gasteiger partial charge in [-0.2, -0.15) is 0 Å². The van der Waals surface area contributed by atoms with Crippen LogP contribution in [0.15, 0.2) is 23.8 Å². The molecule has 1 heteroatoms. The summed E-state index contributed by atoms with van der Waals surface area (Å²) in [5.74, 6) is 0.181. The zero-order chi connectivity index (χ0) is 9.31. The second-order valence-electron chi connectivity index (χ2n) is 4.12. The fourth-order valence-electron chi connectivity index (χ4n) is 2.55. The van der Waals surface area contributed by atoms with Gasteiger partial charge in [0, 0.05) is 5.41 Å². The highest BCUT2D eigenvalue weighted by atomic mass is 16.1. The molecular weight excluding hydrogens is 160 g/mol. The highest BCUT2D eigenvalue weighted by molar-refractivity contribution is 6.01. The fraction of sp³-hybridized carbons (Fsp3) is 0.583. The van der Waals surface area contributed by atoms with Gasteiger partial charge in [0.2, 0.25) is 0 Å². The van der Waals surface area contributed by atoms with E-state index in [1.807, 2.05) is 6.08 Å². The van der Waals surface area contributed by atoms with Crippen LogP contribution in [-0.2, 0) is 4.79 Å². The van der Waals surface area contributed by atoms with Gasteiger partial charge in [0.15, 0.2) is 5.78 Å². The smallest absolute Gasteiger partial charge is 0.178 e. The van der Waals surface area contributed by atoms with E-state index >= 15 is 0 Å². The summed E-state index contributed by atoms with van der Waals surface area (Å²) in [5, 5.41) is 0. The molecule has 0 N–H and O–H groups in total. The van der Waals surface area contributed by atoms with Crippen LogP contribution in [0.3, 0.4) is 0 Å². The first-order valence-corrected chi connectivity index (χ1v) is 5.21. The van der Waals surface area contributed by atoms with E-state index in [4.69, 9.17) is 0 Å². The molecule has 0 saturated heterocycles. The van der Waals surface area contributed by atoms with Crippen molar-refractivity contribution in [3.05, 3.63) is 23.8 Å². The molecule has 0 amide bonds. The molecule has 0 aliphatic heterocycles. The Kier molecular flexibility index (Phi) is 2.10. The van der Waals surface area contributed by atoms with Gasteiger partial charge in [0.05, 0.1) is 0 Å². The second kappa shape index (κ2) is 3.13. The minimum atomic E-state index is 0.181. The highest BCUT2D eigenvalue weighted by Gasteiger charge is 2.34. The Morgan fingerprint density at radius 3 is 3.08 bits per heavy atom. The van der Waals surface area contributed by atoms with Gasteiger partial charge in [-0.3, -0.25) is 4.79 Å². The predicted octanol–water partition coefficient (Wildman–Crippen LogP) is 3.02. The van der Waals surface area contributed by atoms with Gasteiger partial charge in [0.1, 0.15) is 0 Å². The fourth-order valence-corrected chi connectivity index (χ4v) is 2.55. The average molecular weight is 176 g/mol. The van der Waals surface area contributed by atoms with Gasteiger partial charge >= 0.3 is 0 Å². The molecular formula is C12H16O. The minimum absolute atomic E-state index is 0.181. The Balaban J connectivity index is 2.35. The van der Waals surface area contributed by atoms with Crippen molar-refractivity contribution < 1.29 is 4.79 Å². The van der Waals surface area contributed by atoms with Gasteiger partial charge in [-0.1, -0.05) is 25.0 Å². The number of rotatable bonds is 1. The highest BCUT2D eigenvalue weighted by Crippen LogP contribution is 2.46. The summed E-state index contributed by atoms with van der Waals surface area (Å²) in [7, 11) is 0. The maximum Gasteiger partial charge on any atom is 0.178 e. The third kappa shape index (κ3) is 1.37. The summed E-state index contributed by atoms with van der Waals surface area (Å²) in [4.78, 5) is 11.2. The van der Waals surface area contributed by atoms with Crippen LogP contribution in [-0.4, -0.2) is 5.78 Å². The standard InChI is InChI=1S/C12H16O/c1-2-12-7-4-3-5-10(12)9-11(13)6-8-12/h6,8-9H,2-5,7H2,1H3. The average Bonchev–Trinajstić information content (AvgIpc) is 2.18. The van der Waals surface area contributed by atoms with E-state index in [1.54, 1.807) is 6.08 Å². The van der Waals surface area contributed by atoms with E-state index in [9.17, 15) is 4.79 Å². The molecule has 0 bridgehead atoms. The van der Waals surface area contributed by atoms with Crippen LogP contribution >= 0.6 is 0 Å². The Morgan fingerprint density at radius 1 is 1.46 bits per heavy atom. The summed E-state index contributed by atoms with van der Waals surface area (Å²) >= 11 is 0. The van der Waals surface area contributed by atoms with Crippen molar-refractivity contribution in [3.8, 4) is 0 Å². The first-order valence-electron chi connectivity index (χ1n) is 5.21. The lowest BCUT2D eigenvalue weighted by Gasteiger charge is -2.38. The lowest BCUT2D eigenvalue weighted by Crippen LogP contribution is -2.26. The van der Waals surface area contributed by atoms with E-state index in [-0.39, 0.29) is 11.2 Å². The van der Waals surface area contributed by atoms with Crippen LogP contribution in [0, 0.1) is 5.41 Å². The van der Waals surface area contributed by atoms with Gasteiger partial charge in [-0.05, 0) is 37.8 Å². The number of carbonyl (C=O) groups is 1. The zero-order valence-corrected chi connectivity index (χ0v) is 8.18. The van der Waals surface area contributed by atoms with Crippen molar-refractivity contribution in [3.63, 3.8) is 0 Å². The third-order valence-corrected chi connectivity index (χ3v) is 3.47. The van der Waals surface area contributed by atoms with Crippen molar-refractivity contribution in [1.29, 1.82) is 0 Å². The molecule has 0 aromatic carbocycles. The van der Waals surface area contributed by atoms with Gasteiger partial charge in [-0.25, -0.2) is 0 Å². The topological polar surface area (TPSA) is 17.1 Å². The number of carbonyl (C=O) groups excluding carboxylic acids is 1. The molecule has 1 unspecified atom stereocenters. The SMILES string of the molecule is CCC12C=CC(=O)C=C1CCCC2. The van der Waals surface area contributed by atoms with E-state index in [1.165, 1.54) is 24.8 Å². The van der Waals surface area contributed by atoms with Crippen molar-refractivity contribution in [2.45, 2.75) is 39.0 Å². The number of hydrogen-bond donors (Lipinski definition) is 0. The lowest BCUT2D eigenvalue weighted by molar-refractivity contribution is -0.110. The van der Waals surface area contributed by atoms with Crippen molar-refractivity contribution in [2.75, 3.05) is 0 Å². The minimum Gasteiger partial charge on any atom is -0.290 e. The summed E-state index contributed by atoms with van der Waals surface area (Å²) in [6, 6.07) is 0. The Hall–Kier alpha value is -0.850. The van der Waals surface area contributed by atoms with E-state index < -0.39 is 0 Å². The molecule has 2 aliphatic rings. The third-order valence-electron chi connectivity index (χ3n) is 3.47. The van der Waals surface area contributed by atoms with Crippen LogP contribution in [0.25, 0.3) is 0 Å². The van der Waals surface area contributed by atoms with Crippen molar-refractivity contribution in [2.24, 2.45) is 5.41 Å². The first kappa shape index (κ1) is 8.74. The normalized spacial score (nSPS) is 32.7. The second-order valence-corrected chi connectivity index (χ2v) is 4.12. The summed E-state index contributed by atoms with van der Waals surface area (Å²) in [6.07, 6.45) is 11.8. The van der Waals surface area contributed by atoms with Crippen LogP contribution in [0.1, 0.15) is 39.0 Å². The molecule has 0 radical (unpaired) electrons. The van der Waals surface area contributed by atoms with Crippen LogP contribution in [0.4, 0.5) is 0 Å². The summed E-state index contributed by atoms with van der Waals surface area (Å²) < 4.78 is 0. The summed E-state index contributed by atoms with van der Waals surface area (Å²) in [5.41, 5.74) is 1.64. The molecule has 13 heavy (non-hydrogen) atoms. The molecule has 70 valence electrons. The molecule has 1 nitrogen and oxygen atoms in total. The molecule has 0 aromatic rings. The monoisotopic (exact) mass is 176 g/mol. The number of hydrogen-bond acceptors (Lipinski definition) is 1. The van der Waals surface area contributed by atoms with Crippen LogP contribution < -0.4 is 0 Å². The number of ketones is 1. The maximum absolute atomic E-state index is 11.2. The molecule has 1 atom stereocenters. The van der Waals surface area contributed by atoms with E-state index in [2.05, 4.69) is 13.0 Å². The Bertz CT molecular complexity index is 285. The van der Waals surface area contributed by atoms with E-state index in [0.29, 0.717) is 0 Å². The van der Waals surface area contributed by atoms with Crippen molar-refractivity contribution in [1.82, 2.24) is 0 Å². The Morgan fingerprint density at radius 2 is 2.31 bits per heavy atom. The van der Waals surface area contributed by atoms with Crippen molar-refractivity contribution >= 4 is 5.78 Å². The summed E-state index contributed by atoms with van der Waals surface area (Å²) in [6.45, 7) is 2.22. The molecule has 0 heterocycles. The first-order chi connectivity index (χ1) is 6.27. The van der Waals surface area contributed by atoms with Gasteiger partial charge < -0.3 is 0 Å². The van der Waals surface area contributed by atoms with Gasteiger partial charge in [-0.15, -0.1) is 0 Å². The molecule has 1 fully saturated rings.